The number of carbonyl (C=O) groups is 1. The third-order valence-corrected chi connectivity index (χ3v) is 5.13. The predicted molar refractivity (Wildman–Crippen MR) is 85.1 cm³/mol. The Bertz CT molecular complexity index is 583. The van der Waals surface area contributed by atoms with Gasteiger partial charge in [-0.1, -0.05) is 6.92 Å². The third kappa shape index (κ3) is 5.67. The highest BCUT2D eigenvalue weighted by Crippen LogP contribution is 2.36. The maximum atomic E-state index is 11.4. The van der Waals surface area contributed by atoms with E-state index < -0.39 is 9.84 Å². The molecule has 0 bridgehead atoms. The average Bonchev–Trinajstić information content (AvgIpc) is 2.45. The minimum atomic E-state index is -2.98. The SMILES string of the molecule is CCOc1cc(C=O)cc(Br)c1OCCCS(=O)(=O)CC. The Hall–Kier alpha value is -1.08. The minimum Gasteiger partial charge on any atom is -0.490 e. The Kier molecular flexibility index (Phi) is 7.17. The van der Waals surface area contributed by atoms with Gasteiger partial charge in [-0.2, -0.15) is 0 Å². The van der Waals surface area contributed by atoms with Crippen LogP contribution >= 0.6 is 15.9 Å². The molecule has 0 aliphatic rings. The molecule has 21 heavy (non-hydrogen) atoms. The largest absolute Gasteiger partial charge is 0.490 e. The molecule has 1 rings (SSSR count). The first-order valence-electron chi connectivity index (χ1n) is 6.68. The van der Waals surface area contributed by atoms with Gasteiger partial charge in [0.05, 0.1) is 23.4 Å². The molecule has 7 heteroatoms. The lowest BCUT2D eigenvalue weighted by molar-refractivity contribution is 0.112. The number of hydrogen-bond acceptors (Lipinski definition) is 5. The Labute approximate surface area is 133 Å². The molecule has 0 fully saturated rings. The lowest BCUT2D eigenvalue weighted by Crippen LogP contribution is -2.12. The monoisotopic (exact) mass is 378 g/mol. The summed E-state index contributed by atoms with van der Waals surface area (Å²) in [5.74, 6) is 1.18. The van der Waals surface area contributed by atoms with Gasteiger partial charge in [0.2, 0.25) is 0 Å². The molecule has 0 atom stereocenters. The van der Waals surface area contributed by atoms with E-state index >= 15 is 0 Å². The molecular formula is C14H19BrO5S. The van der Waals surface area contributed by atoms with Gasteiger partial charge in [-0.3, -0.25) is 4.79 Å². The van der Waals surface area contributed by atoms with Gasteiger partial charge in [0.1, 0.15) is 16.1 Å². The molecule has 5 nitrogen and oxygen atoms in total. The zero-order valence-electron chi connectivity index (χ0n) is 12.1. The van der Waals surface area contributed by atoms with Crippen molar-refractivity contribution in [3.05, 3.63) is 22.2 Å². The summed E-state index contributed by atoms with van der Waals surface area (Å²) < 4.78 is 34.5. The van der Waals surface area contributed by atoms with Gasteiger partial charge in [-0.15, -0.1) is 0 Å². The Balaban J connectivity index is 2.75. The summed E-state index contributed by atoms with van der Waals surface area (Å²) in [5.41, 5.74) is 0.478. The van der Waals surface area contributed by atoms with Crippen LogP contribution < -0.4 is 9.47 Å². The van der Waals surface area contributed by atoms with Crippen LogP contribution in [-0.4, -0.2) is 39.4 Å². The molecule has 0 saturated carbocycles. The van der Waals surface area contributed by atoms with E-state index in [0.717, 1.165) is 6.29 Å². The highest BCUT2D eigenvalue weighted by atomic mass is 79.9. The Morgan fingerprint density at radius 2 is 1.95 bits per heavy atom. The summed E-state index contributed by atoms with van der Waals surface area (Å²) in [6.45, 7) is 4.16. The molecule has 0 N–H and O–H groups in total. The van der Waals surface area contributed by atoms with E-state index in [0.29, 0.717) is 34.6 Å². The maximum absolute atomic E-state index is 11.4. The van der Waals surface area contributed by atoms with Crippen LogP contribution in [0.4, 0.5) is 0 Å². The first-order valence-corrected chi connectivity index (χ1v) is 9.29. The van der Waals surface area contributed by atoms with E-state index in [9.17, 15) is 13.2 Å². The molecule has 1 aromatic carbocycles. The van der Waals surface area contributed by atoms with Crippen LogP contribution in [0.1, 0.15) is 30.6 Å². The molecule has 118 valence electrons. The van der Waals surface area contributed by atoms with E-state index in [1.165, 1.54) is 0 Å². The van der Waals surface area contributed by atoms with E-state index in [4.69, 9.17) is 9.47 Å². The van der Waals surface area contributed by atoms with Crippen molar-refractivity contribution in [2.24, 2.45) is 0 Å². The number of halogens is 1. The summed E-state index contributed by atoms with van der Waals surface area (Å²) in [5, 5.41) is 0. The van der Waals surface area contributed by atoms with Gasteiger partial charge < -0.3 is 9.47 Å². The van der Waals surface area contributed by atoms with Gasteiger partial charge in [0.25, 0.3) is 0 Å². The van der Waals surface area contributed by atoms with Gasteiger partial charge in [-0.25, -0.2) is 8.42 Å². The first-order chi connectivity index (χ1) is 9.93. The van der Waals surface area contributed by atoms with Crippen LogP contribution in [-0.2, 0) is 9.84 Å². The van der Waals surface area contributed by atoms with Crippen molar-refractivity contribution in [2.75, 3.05) is 24.7 Å². The number of ether oxygens (including phenoxy) is 2. The van der Waals surface area contributed by atoms with E-state index in [1.807, 2.05) is 6.92 Å². The van der Waals surface area contributed by atoms with Crippen LogP contribution in [0.5, 0.6) is 11.5 Å². The fourth-order valence-corrected chi connectivity index (χ4v) is 3.08. The van der Waals surface area contributed by atoms with Crippen LogP contribution in [0.2, 0.25) is 0 Å². The van der Waals surface area contributed by atoms with Crippen molar-refractivity contribution in [3.63, 3.8) is 0 Å². The molecular weight excluding hydrogens is 360 g/mol. The lowest BCUT2D eigenvalue weighted by Gasteiger charge is -2.14. The molecule has 1 aromatic rings. The summed E-state index contributed by atoms with van der Waals surface area (Å²) in [6, 6.07) is 3.23. The first kappa shape index (κ1) is 18.0. The smallest absolute Gasteiger partial charge is 0.175 e. The van der Waals surface area contributed by atoms with Crippen molar-refractivity contribution >= 4 is 32.1 Å². The molecule has 0 spiro atoms. The number of hydrogen-bond donors (Lipinski definition) is 0. The van der Waals surface area contributed by atoms with E-state index in [1.54, 1.807) is 19.1 Å². The van der Waals surface area contributed by atoms with Gasteiger partial charge in [0, 0.05) is 11.3 Å². The zero-order valence-corrected chi connectivity index (χ0v) is 14.5. The van der Waals surface area contributed by atoms with Crippen molar-refractivity contribution in [1.82, 2.24) is 0 Å². The molecule has 0 heterocycles. The van der Waals surface area contributed by atoms with Gasteiger partial charge >= 0.3 is 0 Å². The minimum absolute atomic E-state index is 0.0948. The quantitative estimate of drug-likeness (QED) is 0.488. The third-order valence-electron chi connectivity index (χ3n) is 2.75. The van der Waals surface area contributed by atoms with Crippen LogP contribution in [0.25, 0.3) is 0 Å². The highest BCUT2D eigenvalue weighted by Gasteiger charge is 2.13. The number of carbonyl (C=O) groups excluding carboxylic acids is 1. The molecule has 0 radical (unpaired) electrons. The molecule has 0 aromatic heterocycles. The number of benzene rings is 1. The van der Waals surface area contributed by atoms with Gasteiger partial charge in [0.15, 0.2) is 11.5 Å². The van der Waals surface area contributed by atoms with Crippen LogP contribution in [0, 0.1) is 0 Å². The van der Waals surface area contributed by atoms with Crippen molar-refractivity contribution < 1.29 is 22.7 Å². The summed E-state index contributed by atoms with van der Waals surface area (Å²) >= 11 is 3.33. The van der Waals surface area contributed by atoms with Crippen LogP contribution in [0.15, 0.2) is 16.6 Å². The highest BCUT2D eigenvalue weighted by molar-refractivity contribution is 9.10. The lowest BCUT2D eigenvalue weighted by atomic mass is 10.2. The normalized spacial score (nSPS) is 11.2. The average molecular weight is 379 g/mol. The Morgan fingerprint density at radius 3 is 2.52 bits per heavy atom. The number of sulfone groups is 1. The predicted octanol–water partition coefficient (Wildman–Crippen LogP) is 2.86. The summed E-state index contributed by atoms with van der Waals surface area (Å²) in [6.07, 6.45) is 1.13. The van der Waals surface area contributed by atoms with E-state index in [-0.39, 0.29) is 18.1 Å². The fourth-order valence-electron chi connectivity index (χ4n) is 1.66. The summed E-state index contributed by atoms with van der Waals surface area (Å²) in [4.78, 5) is 10.8. The zero-order chi connectivity index (χ0) is 15.9. The Morgan fingerprint density at radius 1 is 1.24 bits per heavy atom. The fraction of sp³-hybridized carbons (Fsp3) is 0.500. The number of aldehydes is 1. The number of rotatable bonds is 9. The molecule has 0 amide bonds. The van der Waals surface area contributed by atoms with Crippen molar-refractivity contribution in [1.29, 1.82) is 0 Å². The standard InChI is InChI=1S/C14H19BrO5S/c1-3-19-13-9-11(10-16)8-12(15)14(13)20-6-5-7-21(17,18)4-2/h8-10H,3-7H2,1-2H3. The van der Waals surface area contributed by atoms with Crippen molar-refractivity contribution in [2.45, 2.75) is 20.3 Å². The molecule has 0 unspecified atom stereocenters. The van der Waals surface area contributed by atoms with Crippen molar-refractivity contribution in [3.8, 4) is 11.5 Å². The molecule has 0 aliphatic carbocycles. The topological polar surface area (TPSA) is 69.7 Å². The van der Waals surface area contributed by atoms with Crippen LogP contribution in [0.3, 0.4) is 0 Å². The second-order valence-electron chi connectivity index (χ2n) is 4.32. The van der Waals surface area contributed by atoms with E-state index in [2.05, 4.69) is 15.9 Å². The molecule has 0 aliphatic heterocycles. The molecule has 0 saturated heterocycles. The van der Waals surface area contributed by atoms with Gasteiger partial charge in [-0.05, 0) is 41.4 Å². The second-order valence-corrected chi connectivity index (χ2v) is 7.65. The second kappa shape index (κ2) is 8.38. The maximum Gasteiger partial charge on any atom is 0.175 e. The summed E-state index contributed by atoms with van der Waals surface area (Å²) in [7, 11) is -2.98.